The third-order valence-electron chi connectivity index (χ3n) is 3.30. The summed E-state index contributed by atoms with van der Waals surface area (Å²) in [7, 11) is 0. The number of primary amides is 1. The number of hydrogen-bond acceptors (Lipinski definition) is 3. The quantitative estimate of drug-likeness (QED) is 0.773. The number of aromatic hydroxyl groups is 1. The van der Waals surface area contributed by atoms with Crippen molar-refractivity contribution in [3.63, 3.8) is 0 Å². The minimum Gasteiger partial charge on any atom is -0.507 e. The van der Waals surface area contributed by atoms with Crippen molar-refractivity contribution in [2.24, 2.45) is 5.73 Å². The van der Waals surface area contributed by atoms with Crippen LogP contribution in [0.2, 0.25) is 0 Å². The molecule has 0 aliphatic rings. The van der Waals surface area contributed by atoms with Crippen molar-refractivity contribution >= 4 is 16.8 Å². The second-order valence-electron chi connectivity index (χ2n) is 4.89. The highest BCUT2D eigenvalue weighted by atomic mass is 16.3. The molecule has 3 rings (SSSR count). The molecule has 4 nitrogen and oxygen atoms in total. The van der Waals surface area contributed by atoms with Crippen LogP contribution < -0.4 is 5.73 Å². The highest BCUT2D eigenvalue weighted by Crippen LogP contribution is 2.29. The number of nitrogens with zero attached hydrogens (tertiary/aromatic N) is 1. The number of rotatable bonds is 3. The standard InChI is InChI=1S/C17H14N2O2/c18-17(21)9-11-6-7-14-13(8-11)16(20)10-15(19-14)12-4-2-1-3-5-12/h1-8,10H,9H2,(H2,18,21)(H,19,20). The van der Waals surface area contributed by atoms with E-state index in [-0.39, 0.29) is 12.2 Å². The molecule has 1 aromatic heterocycles. The monoisotopic (exact) mass is 278 g/mol. The first-order valence-corrected chi connectivity index (χ1v) is 6.60. The van der Waals surface area contributed by atoms with E-state index in [1.54, 1.807) is 24.3 Å². The maximum Gasteiger partial charge on any atom is 0.221 e. The largest absolute Gasteiger partial charge is 0.507 e. The lowest BCUT2D eigenvalue weighted by molar-refractivity contribution is -0.117. The Bertz CT molecular complexity index is 814. The lowest BCUT2D eigenvalue weighted by Gasteiger charge is -2.07. The van der Waals surface area contributed by atoms with Gasteiger partial charge < -0.3 is 10.8 Å². The average Bonchev–Trinajstić information content (AvgIpc) is 2.48. The van der Waals surface area contributed by atoms with Crippen LogP contribution in [0.25, 0.3) is 22.2 Å². The molecule has 0 unspecified atom stereocenters. The molecule has 1 heterocycles. The van der Waals surface area contributed by atoms with E-state index >= 15 is 0 Å². The molecule has 0 saturated carbocycles. The Hall–Kier alpha value is -2.88. The zero-order chi connectivity index (χ0) is 14.8. The summed E-state index contributed by atoms with van der Waals surface area (Å²) in [4.78, 5) is 15.5. The molecule has 0 bridgehead atoms. The fourth-order valence-corrected chi connectivity index (χ4v) is 2.32. The number of fused-ring (bicyclic) bond motifs is 1. The van der Waals surface area contributed by atoms with Gasteiger partial charge in [-0.25, -0.2) is 4.98 Å². The first-order chi connectivity index (χ1) is 10.1. The average molecular weight is 278 g/mol. The molecule has 2 aromatic carbocycles. The molecule has 0 spiro atoms. The zero-order valence-corrected chi connectivity index (χ0v) is 11.3. The van der Waals surface area contributed by atoms with Crippen molar-refractivity contribution in [3.05, 3.63) is 60.2 Å². The number of nitrogens with two attached hydrogens (primary N) is 1. The molecular formula is C17H14N2O2. The van der Waals surface area contributed by atoms with Gasteiger partial charge in [0.05, 0.1) is 17.6 Å². The molecule has 0 aliphatic carbocycles. The Morgan fingerprint density at radius 2 is 1.86 bits per heavy atom. The van der Waals surface area contributed by atoms with E-state index in [2.05, 4.69) is 4.98 Å². The van der Waals surface area contributed by atoms with E-state index in [1.807, 2.05) is 30.3 Å². The Balaban J connectivity index is 2.11. The smallest absolute Gasteiger partial charge is 0.221 e. The summed E-state index contributed by atoms with van der Waals surface area (Å²) in [5.41, 5.74) is 8.29. The van der Waals surface area contributed by atoms with Gasteiger partial charge in [0.15, 0.2) is 0 Å². The summed E-state index contributed by atoms with van der Waals surface area (Å²) in [5.74, 6) is -0.257. The van der Waals surface area contributed by atoms with Gasteiger partial charge >= 0.3 is 0 Å². The molecule has 3 aromatic rings. The van der Waals surface area contributed by atoms with Crippen LogP contribution in [0.5, 0.6) is 5.75 Å². The summed E-state index contributed by atoms with van der Waals surface area (Å²) >= 11 is 0. The minimum atomic E-state index is -0.400. The molecule has 4 heteroatoms. The SMILES string of the molecule is NC(=O)Cc1ccc2nc(-c3ccccc3)cc(O)c2c1. The van der Waals surface area contributed by atoms with Gasteiger partial charge in [-0.3, -0.25) is 4.79 Å². The van der Waals surface area contributed by atoms with Crippen molar-refractivity contribution in [2.45, 2.75) is 6.42 Å². The lowest BCUT2D eigenvalue weighted by Crippen LogP contribution is -2.13. The highest BCUT2D eigenvalue weighted by Gasteiger charge is 2.08. The summed E-state index contributed by atoms with van der Waals surface area (Å²) in [6.45, 7) is 0. The van der Waals surface area contributed by atoms with Crippen molar-refractivity contribution in [1.29, 1.82) is 0 Å². The topological polar surface area (TPSA) is 76.2 Å². The van der Waals surface area contributed by atoms with Gasteiger partial charge in [0.2, 0.25) is 5.91 Å². The van der Waals surface area contributed by atoms with Crippen molar-refractivity contribution < 1.29 is 9.90 Å². The maximum absolute atomic E-state index is 11.0. The van der Waals surface area contributed by atoms with E-state index in [4.69, 9.17) is 5.73 Å². The molecule has 3 N–H and O–H groups in total. The number of benzene rings is 2. The normalized spacial score (nSPS) is 10.7. The van der Waals surface area contributed by atoms with Crippen LogP contribution in [0, 0.1) is 0 Å². The van der Waals surface area contributed by atoms with Gasteiger partial charge in [-0.2, -0.15) is 0 Å². The van der Waals surface area contributed by atoms with E-state index in [1.165, 1.54) is 0 Å². The molecule has 0 saturated heterocycles. The van der Waals surface area contributed by atoms with Gasteiger partial charge in [0.1, 0.15) is 5.75 Å². The molecule has 21 heavy (non-hydrogen) atoms. The number of amides is 1. The number of pyridine rings is 1. The van der Waals surface area contributed by atoms with Crippen LogP contribution in [0.3, 0.4) is 0 Å². The van der Waals surface area contributed by atoms with Crippen molar-refractivity contribution in [3.8, 4) is 17.0 Å². The number of hydrogen-bond donors (Lipinski definition) is 2. The maximum atomic E-state index is 11.0. The van der Waals surface area contributed by atoms with Gasteiger partial charge in [-0.15, -0.1) is 0 Å². The lowest BCUT2D eigenvalue weighted by atomic mass is 10.1. The summed E-state index contributed by atoms with van der Waals surface area (Å²) < 4.78 is 0. The van der Waals surface area contributed by atoms with Crippen molar-refractivity contribution in [1.82, 2.24) is 4.98 Å². The molecule has 0 aliphatic heterocycles. The summed E-state index contributed by atoms with van der Waals surface area (Å²) in [6.07, 6.45) is 0.149. The molecule has 1 amide bonds. The second-order valence-corrected chi connectivity index (χ2v) is 4.89. The Kier molecular flexibility index (Phi) is 3.28. The second kappa shape index (κ2) is 5.25. The van der Waals surface area contributed by atoms with Crippen molar-refractivity contribution in [2.75, 3.05) is 0 Å². The van der Waals surface area contributed by atoms with Crippen LogP contribution in [0.4, 0.5) is 0 Å². The van der Waals surface area contributed by atoms with Crippen LogP contribution in [0.15, 0.2) is 54.6 Å². The highest BCUT2D eigenvalue weighted by molar-refractivity contribution is 5.89. The van der Waals surface area contributed by atoms with E-state index in [9.17, 15) is 9.90 Å². The Morgan fingerprint density at radius 3 is 2.57 bits per heavy atom. The van der Waals surface area contributed by atoms with Gasteiger partial charge in [0, 0.05) is 17.0 Å². The fourth-order valence-electron chi connectivity index (χ4n) is 2.32. The van der Waals surface area contributed by atoms with Gasteiger partial charge in [-0.1, -0.05) is 36.4 Å². The summed E-state index contributed by atoms with van der Waals surface area (Å²) in [6, 6.07) is 16.6. The first-order valence-electron chi connectivity index (χ1n) is 6.60. The zero-order valence-electron chi connectivity index (χ0n) is 11.3. The number of carbonyl (C=O) groups excluding carboxylic acids is 1. The predicted octanol–water partition coefficient (Wildman–Crippen LogP) is 2.64. The minimum absolute atomic E-state index is 0.144. The molecule has 104 valence electrons. The van der Waals surface area contributed by atoms with Crippen LogP contribution in [0.1, 0.15) is 5.56 Å². The Morgan fingerprint density at radius 1 is 1.10 bits per heavy atom. The summed E-state index contributed by atoms with van der Waals surface area (Å²) in [5, 5.41) is 10.8. The first kappa shape index (κ1) is 13.1. The fraction of sp³-hybridized carbons (Fsp3) is 0.0588. The third-order valence-corrected chi connectivity index (χ3v) is 3.30. The van der Waals surface area contributed by atoms with Crippen LogP contribution in [-0.4, -0.2) is 16.0 Å². The predicted molar refractivity (Wildman–Crippen MR) is 81.7 cm³/mol. The van der Waals surface area contributed by atoms with Crippen LogP contribution >= 0.6 is 0 Å². The number of aromatic nitrogens is 1. The van der Waals surface area contributed by atoms with E-state index in [0.717, 1.165) is 11.1 Å². The van der Waals surface area contributed by atoms with Gasteiger partial charge in [-0.05, 0) is 17.7 Å². The molecule has 0 atom stereocenters. The molecule has 0 fully saturated rings. The molecular weight excluding hydrogens is 264 g/mol. The number of carbonyl (C=O) groups is 1. The van der Waals surface area contributed by atoms with Gasteiger partial charge in [0.25, 0.3) is 0 Å². The van der Waals surface area contributed by atoms with Crippen LogP contribution in [-0.2, 0) is 11.2 Å². The Labute approximate surface area is 121 Å². The van der Waals surface area contributed by atoms with E-state index in [0.29, 0.717) is 16.6 Å². The molecule has 0 radical (unpaired) electrons. The van der Waals surface area contributed by atoms with E-state index < -0.39 is 5.91 Å². The third kappa shape index (κ3) is 2.69.